The first-order chi connectivity index (χ1) is 8.56. The van der Waals surface area contributed by atoms with E-state index in [1.807, 2.05) is 18.2 Å². The molecular formula is C14H18N2O2. The molecular weight excluding hydrogens is 228 g/mol. The zero-order chi connectivity index (χ0) is 13.3. The molecule has 0 spiro atoms. The molecule has 4 heteroatoms. The van der Waals surface area contributed by atoms with E-state index in [9.17, 15) is 0 Å². The zero-order valence-electron chi connectivity index (χ0n) is 11.2. The van der Waals surface area contributed by atoms with Crippen LogP contribution in [-0.4, -0.2) is 19.2 Å². The van der Waals surface area contributed by atoms with Crippen molar-refractivity contribution < 1.29 is 9.47 Å². The van der Waals surface area contributed by atoms with Crippen LogP contribution in [0.25, 0.3) is 10.9 Å². The first-order valence-corrected chi connectivity index (χ1v) is 5.89. The maximum atomic E-state index is 6.09. The van der Waals surface area contributed by atoms with Crippen molar-refractivity contribution in [2.24, 2.45) is 0 Å². The van der Waals surface area contributed by atoms with E-state index in [4.69, 9.17) is 15.2 Å². The van der Waals surface area contributed by atoms with Crippen LogP contribution in [0.3, 0.4) is 0 Å². The summed E-state index contributed by atoms with van der Waals surface area (Å²) in [6.45, 7) is 4.17. The quantitative estimate of drug-likeness (QED) is 0.904. The summed E-state index contributed by atoms with van der Waals surface area (Å²) in [7, 11) is 3.24. The molecule has 18 heavy (non-hydrogen) atoms. The molecule has 2 aromatic rings. The summed E-state index contributed by atoms with van der Waals surface area (Å²) in [6, 6.07) is 5.61. The molecule has 96 valence electrons. The van der Waals surface area contributed by atoms with Crippen molar-refractivity contribution in [3.8, 4) is 11.5 Å². The molecule has 0 saturated heterocycles. The number of methoxy groups -OCH3 is 2. The number of nitrogens with two attached hydrogens (primary N) is 1. The Morgan fingerprint density at radius 3 is 2.39 bits per heavy atom. The van der Waals surface area contributed by atoms with Gasteiger partial charge in [-0.25, -0.2) is 4.98 Å². The van der Waals surface area contributed by atoms with Gasteiger partial charge in [-0.3, -0.25) is 0 Å². The number of nitrogen functional groups attached to an aromatic ring is 1. The third kappa shape index (κ3) is 2.06. The van der Waals surface area contributed by atoms with Crippen LogP contribution in [0.15, 0.2) is 18.2 Å². The van der Waals surface area contributed by atoms with Crippen LogP contribution < -0.4 is 15.2 Å². The molecule has 0 unspecified atom stereocenters. The molecule has 1 heterocycles. The minimum Gasteiger partial charge on any atom is -0.497 e. The topological polar surface area (TPSA) is 57.4 Å². The summed E-state index contributed by atoms with van der Waals surface area (Å²) in [5, 5.41) is 0.857. The number of benzene rings is 1. The second-order valence-corrected chi connectivity index (χ2v) is 4.52. The molecule has 0 aliphatic carbocycles. The largest absolute Gasteiger partial charge is 0.497 e. The van der Waals surface area contributed by atoms with Crippen LogP contribution in [0.2, 0.25) is 0 Å². The third-order valence-electron chi connectivity index (χ3n) is 2.95. The smallest absolute Gasteiger partial charge is 0.148 e. The van der Waals surface area contributed by atoms with Gasteiger partial charge in [0, 0.05) is 22.8 Å². The molecule has 0 aliphatic rings. The molecule has 0 amide bonds. The summed E-state index contributed by atoms with van der Waals surface area (Å²) in [6.07, 6.45) is 0. The Morgan fingerprint density at radius 2 is 1.83 bits per heavy atom. The molecule has 0 aliphatic heterocycles. The Hall–Kier alpha value is -1.97. The number of ether oxygens (including phenoxy) is 2. The van der Waals surface area contributed by atoms with Crippen LogP contribution in [-0.2, 0) is 0 Å². The fraction of sp³-hybridized carbons (Fsp3) is 0.357. The molecule has 1 aromatic carbocycles. The van der Waals surface area contributed by atoms with Gasteiger partial charge in [0.15, 0.2) is 0 Å². The number of anilines is 1. The number of hydrogen-bond donors (Lipinski definition) is 1. The molecule has 0 fully saturated rings. The van der Waals surface area contributed by atoms with E-state index in [1.54, 1.807) is 14.2 Å². The number of pyridine rings is 1. The van der Waals surface area contributed by atoms with Gasteiger partial charge >= 0.3 is 0 Å². The highest BCUT2D eigenvalue weighted by Crippen LogP contribution is 2.34. The van der Waals surface area contributed by atoms with E-state index >= 15 is 0 Å². The van der Waals surface area contributed by atoms with Gasteiger partial charge in [-0.2, -0.15) is 0 Å². The summed E-state index contributed by atoms with van der Waals surface area (Å²) >= 11 is 0. The van der Waals surface area contributed by atoms with Crippen molar-refractivity contribution in [1.82, 2.24) is 4.98 Å². The highest BCUT2D eigenvalue weighted by Gasteiger charge is 2.12. The van der Waals surface area contributed by atoms with E-state index in [0.29, 0.717) is 23.1 Å². The molecule has 1 aromatic heterocycles. The second-order valence-electron chi connectivity index (χ2n) is 4.52. The lowest BCUT2D eigenvalue weighted by atomic mass is 10.1. The van der Waals surface area contributed by atoms with Gasteiger partial charge in [-0.15, -0.1) is 0 Å². The molecule has 2 rings (SSSR count). The van der Waals surface area contributed by atoms with Gasteiger partial charge in [-0.1, -0.05) is 13.8 Å². The van der Waals surface area contributed by atoms with E-state index in [-0.39, 0.29) is 0 Å². The van der Waals surface area contributed by atoms with Crippen molar-refractivity contribution in [3.05, 3.63) is 23.9 Å². The average Bonchev–Trinajstić information content (AvgIpc) is 2.37. The van der Waals surface area contributed by atoms with Crippen molar-refractivity contribution in [3.63, 3.8) is 0 Å². The monoisotopic (exact) mass is 246 g/mol. The van der Waals surface area contributed by atoms with E-state index < -0.39 is 0 Å². The summed E-state index contributed by atoms with van der Waals surface area (Å²) < 4.78 is 10.6. The summed E-state index contributed by atoms with van der Waals surface area (Å²) in [5.74, 6) is 1.72. The highest BCUT2D eigenvalue weighted by molar-refractivity contribution is 5.95. The highest BCUT2D eigenvalue weighted by atomic mass is 16.5. The Bertz CT molecular complexity index is 580. The van der Waals surface area contributed by atoms with Gasteiger partial charge in [0.2, 0.25) is 0 Å². The number of nitrogens with zero attached hydrogens (tertiary/aromatic N) is 1. The normalized spacial score (nSPS) is 10.9. The van der Waals surface area contributed by atoms with Crippen LogP contribution >= 0.6 is 0 Å². The van der Waals surface area contributed by atoms with E-state index in [1.165, 1.54) is 0 Å². The minimum atomic E-state index is 0.323. The maximum absolute atomic E-state index is 6.09. The van der Waals surface area contributed by atoms with Gasteiger partial charge in [0.05, 0.1) is 14.2 Å². The van der Waals surface area contributed by atoms with E-state index in [2.05, 4.69) is 18.8 Å². The van der Waals surface area contributed by atoms with Crippen molar-refractivity contribution in [1.29, 1.82) is 0 Å². The van der Waals surface area contributed by atoms with Crippen LogP contribution in [0.1, 0.15) is 25.5 Å². The Labute approximate surface area is 107 Å². The van der Waals surface area contributed by atoms with Gasteiger partial charge < -0.3 is 15.2 Å². The molecule has 4 nitrogen and oxygen atoms in total. The summed E-state index contributed by atoms with van der Waals surface area (Å²) in [5.41, 5.74) is 8.53. The second kappa shape index (κ2) is 4.72. The Morgan fingerprint density at radius 1 is 1.11 bits per heavy atom. The Balaban J connectivity index is 2.78. The lowest BCUT2D eigenvalue weighted by Gasteiger charge is -2.13. The van der Waals surface area contributed by atoms with Crippen LogP contribution in [0.4, 0.5) is 5.69 Å². The zero-order valence-corrected chi connectivity index (χ0v) is 11.2. The molecule has 2 N–H and O–H groups in total. The summed E-state index contributed by atoms with van der Waals surface area (Å²) in [4.78, 5) is 4.62. The van der Waals surface area contributed by atoms with Crippen molar-refractivity contribution >= 4 is 16.6 Å². The van der Waals surface area contributed by atoms with Gasteiger partial charge in [0.1, 0.15) is 17.0 Å². The first-order valence-electron chi connectivity index (χ1n) is 5.89. The Kier molecular flexibility index (Phi) is 3.28. The maximum Gasteiger partial charge on any atom is 0.148 e. The van der Waals surface area contributed by atoms with Gasteiger partial charge in [-0.05, 0) is 18.1 Å². The standard InChI is InChI=1S/C14H18N2O2/c1-8(2)12-7-11(15)10-5-9(17-3)6-13(18-4)14(10)16-12/h5-8H,1-4H3,(H2,15,16). The lowest BCUT2D eigenvalue weighted by Crippen LogP contribution is -1.99. The SMILES string of the molecule is COc1cc(OC)c2nc(C(C)C)cc(N)c2c1. The lowest BCUT2D eigenvalue weighted by molar-refractivity contribution is 0.397. The van der Waals surface area contributed by atoms with Crippen LogP contribution in [0.5, 0.6) is 11.5 Å². The third-order valence-corrected chi connectivity index (χ3v) is 2.95. The van der Waals surface area contributed by atoms with Crippen molar-refractivity contribution in [2.45, 2.75) is 19.8 Å². The minimum absolute atomic E-state index is 0.323. The van der Waals surface area contributed by atoms with Gasteiger partial charge in [0.25, 0.3) is 0 Å². The molecule has 0 atom stereocenters. The average molecular weight is 246 g/mol. The number of rotatable bonds is 3. The van der Waals surface area contributed by atoms with Crippen molar-refractivity contribution in [2.75, 3.05) is 20.0 Å². The molecule has 0 saturated carbocycles. The predicted molar refractivity (Wildman–Crippen MR) is 73.3 cm³/mol. The predicted octanol–water partition coefficient (Wildman–Crippen LogP) is 2.96. The number of aromatic nitrogens is 1. The first kappa shape index (κ1) is 12.5. The number of hydrogen-bond acceptors (Lipinski definition) is 4. The fourth-order valence-corrected chi connectivity index (χ4v) is 1.89. The van der Waals surface area contributed by atoms with Crippen LogP contribution in [0, 0.1) is 0 Å². The molecule has 0 bridgehead atoms. The fourth-order valence-electron chi connectivity index (χ4n) is 1.89. The van der Waals surface area contributed by atoms with E-state index in [0.717, 1.165) is 16.6 Å². The molecule has 0 radical (unpaired) electrons. The number of fused-ring (bicyclic) bond motifs is 1.